The maximum absolute atomic E-state index is 2.56. The highest BCUT2D eigenvalue weighted by Gasteiger charge is 2.47. The van der Waals surface area contributed by atoms with Gasteiger partial charge in [-0.05, 0) is 137 Å². The Morgan fingerprint density at radius 1 is 0.579 bits per heavy atom. The van der Waals surface area contributed by atoms with Crippen LogP contribution in [0.15, 0.2) is 0 Å². The van der Waals surface area contributed by atoms with Crippen molar-refractivity contribution in [2.45, 2.75) is 24.2 Å². The van der Waals surface area contributed by atoms with Gasteiger partial charge in [-0.1, -0.05) is 0 Å². The molecular weight excluding hydrogens is 744 g/mol. The maximum Gasteiger partial charge on any atom is 0.0713 e. The highest BCUT2D eigenvalue weighted by atomic mass is 127. The predicted octanol–water partition coefficient (Wildman–Crippen LogP) is 5.73. The molecule has 0 radical (unpaired) electrons. The van der Waals surface area contributed by atoms with Crippen LogP contribution >= 0.6 is 113 Å². The first-order chi connectivity index (χ1) is 8.99. The topological polar surface area (TPSA) is 0 Å². The van der Waals surface area contributed by atoms with Gasteiger partial charge in [0.15, 0.2) is 0 Å². The van der Waals surface area contributed by atoms with Gasteiger partial charge in [0.2, 0.25) is 0 Å². The molecule has 4 rings (SSSR count). The molecule has 0 saturated carbocycles. The molecule has 100 valence electrons. The third kappa shape index (κ3) is 2.37. The minimum Gasteiger partial charge on any atom is -0.123 e. The van der Waals surface area contributed by atoms with Crippen LogP contribution in [0.2, 0.25) is 0 Å². The summed E-state index contributed by atoms with van der Waals surface area (Å²) >= 11 is 14.3. The number of hydrogen-bond acceptors (Lipinski definition) is 2. The molecule has 0 bridgehead atoms. The first-order valence-corrected chi connectivity index (χ1v) is 14.7. The Bertz CT molecular complexity index is 586. The summed E-state index contributed by atoms with van der Waals surface area (Å²) in [4.78, 5) is 0. The van der Waals surface area contributed by atoms with Crippen molar-refractivity contribution in [1.29, 1.82) is 0 Å². The lowest BCUT2D eigenvalue weighted by Gasteiger charge is -2.20. The number of thiophene rings is 2. The lowest BCUT2D eigenvalue weighted by atomic mass is 10.2. The van der Waals surface area contributed by atoms with Crippen molar-refractivity contribution in [2.24, 2.45) is 0 Å². The molecule has 19 heavy (non-hydrogen) atoms. The summed E-state index contributed by atoms with van der Waals surface area (Å²) in [6.07, 6.45) is 0. The molecule has 4 heterocycles. The molecule has 2 aliphatic heterocycles. The zero-order valence-corrected chi connectivity index (χ0v) is 20.9. The van der Waals surface area contributed by atoms with Crippen molar-refractivity contribution in [3.8, 4) is 0 Å². The molecule has 0 amide bonds. The van der Waals surface area contributed by atoms with Gasteiger partial charge in [-0.2, -0.15) is 0 Å². The Kier molecular flexibility index (Phi) is 4.19. The van der Waals surface area contributed by atoms with Gasteiger partial charge in [0, 0.05) is 0 Å². The van der Waals surface area contributed by atoms with E-state index < -0.39 is 8.07 Å². The Labute approximate surface area is 176 Å². The molecule has 0 nitrogen and oxygen atoms in total. The molecule has 0 aromatic carbocycles. The van der Waals surface area contributed by atoms with Crippen molar-refractivity contribution >= 4 is 121 Å². The number of rotatable bonds is 0. The first-order valence-electron chi connectivity index (χ1n) is 5.90. The zero-order chi connectivity index (χ0) is 13.4. The normalized spacial score (nSPS) is 19.2. The average Bonchev–Trinajstić information content (AvgIpc) is 3.02. The molecule has 0 saturated heterocycles. The van der Waals surface area contributed by atoms with Gasteiger partial charge in [0.05, 0.1) is 19.6 Å². The van der Waals surface area contributed by atoms with Gasteiger partial charge < -0.3 is 0 Å². The smallest absolute Gasteiger partial charge is 0.0713 e. The van der Waals surface area contributed by atoms with Crippen molar-refractivity contribution in [2.75, 3.05) is 0 Å². The molecule has 0 aliphatic carbocycles. The lowest BCUT2D eigenvalue weighted by Crippen LogP contribution is -2.39. The van der Waals surface area contributed by atoms with Crippen LogP contribution in [0.25, 0.3) is 0 Å². The van der Waals surface area contributed by atoms with Gasteiger partial charge in [0.25, 0.3) is 0 Å². The minimum atomic E-state index is -1.11. The van der Waals surface area contributed by atoms with Crippen molar-refractivity contribution < 1.29 is 0 Å². The second-order valence-corrected chi connectivity index (χ2v) is 19.1. The van der Waals surface area contributed by atoms with E-state index in [1.54, 1.807) is 33.8 Å². The number of halogens is 4. The second-order valence-electron chi connectivity index (χ2n) is 5.42. The predicted molar refractivity (Wildman–Crippen MR) is 120 cm³/mol. The van der Waals surface area contributed by atoms with E-state index in [2.05, 4.69) is 90.4 Å². The van der Waals surface area contributed by atoms with E-state index in [1.807, 2.05) is 22.7 Å². The second kappa shape index (κ2) is 5.28. The molecule has 7 heteroatoms. The third-order valence-corrected chi connectivity index (χ3v) is 15.6. The van der Waals surface area contributed by atoms with Gasteiger partial charge >= 0.3 is 0 Å². The quantitative estimate of drug-likeness (QED) is 0.239. The van der Waals surface area contributed by atoms with E-state index >= 15 is 0 Å². The summed E-state index contributed by atoms with van der Waals surface area (Å²) in [6, 6.07) is 5.80. The summed E-state index contributed by atoms with van der Waals surface area (Å²) < 4.78 is 6.28. The van der Waals surface area contributed by atoms with Crippen LogP contribution in [0.3, 0.4) is 0 Å². The van der Waals surface area contributed by atoms with Crippen LogP contribution in [-0.2, 0) is 24.2 Å². The summed E-state index contributed by atoms with van der Waals surface area (Å²) in [5, 5.41) is 0. The fourth-order valence-electron chi connectivity index (χ4n) is 3.46. The van der Waals surface area contributed by atoms with E-state index in [-0.39, 0.29) is 0 Å². The van der Waals surface area contributed by atoms with Crippen LogP contribution in [0.4, 0.5) is 0 Å². The van der Waals surface area contributed by atoms with Gasteiger partial charge in [0.1, 0.15) is 0 Å². The zero-order valence-electron chi connectivity index (χ0n) is 9.66. The summed E-state index contributed by atoms with van der Waals surface area (Å²) in [7, 11) is -1.11. The standard InChI is InChI=1S/C12H8I4S2Si/c13-9-5-1-19(2-6(5)10(14)17-9)3-7-8(4-19)12(16)18-11(7)15/h1-4H2. The number of hydrogen-bond donors (Lipinski definition) is 0. The van der Waals surface area contributed by atoms with Gasteiger partial charge in [-0.15, -0.1) is 22.7 Å². The van der Waals surface area contributed by atoms with E-state index in [0.29, 0.717) is 0 Å². The van der Waals surface area contributed by atoms with Crippen molar-refractivity contribution in [1.82, 2.24) is 0 Å². The van der Waals surface area contributed by atoms with Crippen molar-refractivity contribution in [3.63, 3.8) is 0 Å². The van der Waals surface area contributed by atoms with Crippen LogP contribution in [0.5, 0.6) is 0 Å². The lowest BCUT2D eigenvalue weighted by molar-refractivity contribution is 1.23. The molecule has 2 aromatic rings. The fraction of sp³-hybridized carbons (Fsp3) is 0.333. The molecule has 0 atom stereocenters. The van der Waals surface area contributed by atoms with Crippen LogP contribution < -0.4 is 0 Å². The molecule has 0 fully saturated rings. The van der Waals surface area contributed by atoms with E-state index in [0.717, 1.165) is 0 Å². The Morgan fingerprint density at radius 2 is 0.842 bits per heavy atom. The fourth-order valence-corrected chi connectivity index (χ4v) is 19.5. The van der Waals surface area contributed by atoms with Crippen molar-refractivity contribution in [3.05, 3.63) is 33.8 Å². The van der Waals surface area contributed by atoms with Gasteiger partial charge in [-0.25, -0.2) is 0 Å². The van der Waals surface area contributed by atoms with E-state index in [4.69, 9.17) is 0 Å². The van der Waals surface area contributed by atoms with Crippen LogP contribution in [0.1, 0.15) is 22.3 Å². The average molecular weight is 752 g/mol. The van der Waals surface area contributed by atoms with Crippen LogP contribution in [0, 0.1) is 11.5 Å². The van der Waals surface area contributed by atoms with E-state index in [1.165, 1.54) is 24.2 Å². The molecule has 2 aliphatic rings. The maximum atomic E-state index is 2.56. The summed E-state index contributed by atoms with van der Waals surface area (Å²) in [5.41, 5.74) is 6.95. The Balaban J connectivity index is 1.74. The summed E-state index contributed by atoms with van der Waals surface area (Å²) in [5.74, 6) is 0. The molecule has 2 aromatic heterocycles. The summed E-state index contributed by atoms with van der Waals surface area (Å²) in [6.45, 7) is 0. The molecule has 0 N–H and O–H groups in total. The minimum absolute atomic E-state index is 1.11. The Hall–Kier alpha value is 2.54. The van der Waals surface area contributed by atoms with Crippen LogP contribution in [-0.4, -0.2) is 8.07 Å². The largest absolute Gasteiger partial charge is 0.123 e. The SMILES string of the molecule is Ic1sc(I)c2c1C[Si]1(C2)Cc2c(I)sc(I)c2C1. The highest BCUT2D eigenvalue weighted by molar-refractivity contribution is 14.1. The first kappa shape index (κ1) is 15.1. The van der Waals surface area contributed by atoms with Gasteiger partial charge in [-0.3, -0.25) is 0 Å². The number of fused-ring (bicyclic) bond motifs is 2. The monoisotopic (exact) mass is 752 g/mol. The Morgan fingerprint density at radius 3 is 1.11 bits per heavy atom. The molecule has 0 unspecified atom stereocenters. The highest BCUT2D eigenvalue weighted by Crippen LogP contribution is 2.48. The molecular formula is C12H8I4S2Si. The molecule has 1 spiro atoms. The van der Waals surface area contributed by atoms with E-state index in [9.17, 15) is 0 Å². The third-order valence-electron chi connectivity index (χ3n) is 4.24.